The minimum absolute atomic E-state index is 0.0116. The van der Waals surface area contributed by atoms with Gasteiger partial charge in [0.05, 0.1) is 0 Å². The topological polar surface area (TPSA) is 37.9 Å². The van der Waals surface area contributed by atoms with Gasteiger partial charge in [-0.1, -0.05) is 0 Å². The summed E-state index contributed by atoms with van der Waals surface area (Å²) in [7, 11) is 1.60. The van der Waals surface area contributed by atoms with Crippen LogP contribution >= 0.6 is 9.24 Å². The maximum absolute atomic E-state index is 13.7. The van der Waals surface area contributed by atoms with Gasteiger partial charge in [-0.3, -0.25) is 0 Å². The maximum atomic E-state index is 13.7. The molecule has 3 atom stereocenters. The van der Waals surface area contributed by atoms with E-state index in [1.165, 1.54) is 6.07 Å². The summed E-state index contributed by atoms with van der Waals surface area (Å²) in [5.41, 5.74) is -1.89. The van der Waals surface area contributed by atoms with Crippen molar-refractivity contribution in [2.75, 3.05) is 6.61 Å². The Morgan fingerprint density at radius 2 is 2.14 bits per heavy atom. The standard InChI is InChI=1S/C11H15F2N2O.C7H6F2P.CH3.Sb/c1-7-2-3-16-10(4-7)9-5-8(14-15-9)6-11(12)13;8-7(9,10)6-4-2-1-3-5-6;;/h5,10-11H,2-4,6H2,1H3,(H,14,15);1-2,4-5H,10H2;1H3;. The Balaban J connectivity index is 1.79. The van der Waals surface area contributed by atoms with Crippen LogP contribution in [0.25, 0.3) is 0 Å². The summed E-state index contributed by atoms with van der Waals surface area (Å²) in [5.74, 6) is 0. The Morgan fingerprint density at radius 3 is 2.82 bits per heavy atom. The van der Waals surface area contributed by atoms with Crippen LogP contribution in [0.15, 0.2) is 30.3 Å². The number of alkyl halides is 4. The van der Waals surface area contributed by atoms with Crippen molar-refractivity contribution < 1.29 is 22.3 Å². The summed E-state index contributed by atoms with van der Waals surface area (Å²) >= 11 is -2.14. The van der Waals surface area contributed by atoms with E-state index < -0.39 is 32.3 Å². The van der Waals surface area contributed by atoms with E-state index in [9.17, 15) is 17.6 Å². The van der Waals surface area contributed by atoms with Crippen LogP contribution < -0.4 is 3.51 Å². The number of nitrogens with one attached hydrogen (secondary N) is 1. The van der Waals surface area contributed by atoms with Gasteiger partial charge in [0.25, 0.3) is 0 Å². The number of rotatable bonds is 6. The molecular formula is C19H24F4N2OPSb. The molecule has 1 saturated heterocycles. The summed E-state index contributed by atoms with van der Waals surface area (Å²) in [6.45, 7) is 2.75. The number of nitrogens with zero attached hydrogens (tertiary/aromatic N) is 1. The number of H-pyrrole nitrogens is 1. The quantitative estimate of drug-likeness (QED) is 0.335. The molecule has 0 spiro atoms. The number of halogens is 4. The first-order valence-corrected chi connectivity index (χ1v) is 14.7. The van der Waals surface area contributed by atoms with Crippen LogP contribution in [0.3, 0.4) is 0 Å². The second-order valence-electron chi connectivity index (χ2n) is 7.46. The van der Waals surface area contributed by atoms with E-state index in [4.69, 9.17) is 4.74 Å². The molecule has 9 heteroatoms. The summed E-state index contributed by atoms with van der Waals surface area (Å²) in [4.78, 5) is 2.22. The average molecular weight is 525 g/mol. The number of hydrogen-bond acceptors (Lipinski definition) is 2. The Morgan fingerprint density at radius 1 is 1.39 bits per heavy atom. The van der Waals surface area contributed by atoms with Gasteiger partial charge in [0.2, 0.25) is 0 Å². The summed E-state index contributed by atoms with van der Waals surface area (Å²) in [6, 6.07) is 8.39. The zero-order chi connectivity index (χ0) is 20.5. The second kappa shape index (κ2) is 8.61. The first-order valence-electron chi connectivity index (χ1n) is 9.03. The molecule has 1 fully saturated rings. The summed E-state index contributed by atoms with van der Waals surface area (Å²) in [6.07, 6.45) is -1.48. The van der Waals surface area contributed by atoms with Crippen LogP contribution in [0.1, 0.15) is 42.8 Å². The van der Waals surface area contributed by atoms with Gasteiger partial charge in [-0.15, -0.1) is 0 Å². The zero-order valence-electron chi connectivity index (χ0n) is 15.8. The fourth-order valence-corrected chi connectivity index (χ4v) is 9.79. The van der Waals surface area contributed by atoms with Crippen molar-refractivity contribution >= 4 is 33.0 Å². The van der Waals surface area contributed by atoms with Gasteiger partial charge >= 0.3 is 172 Å². The number of benzene rings is 1. The first kappa shape index (κ1) is 22.1. The van der Waals surface area contributed by atoms with Crippen LogP contribution in [0.2, 0.25) is 8.23 Å². The van der Waals surface area contributed by atoms with Crippen molar-refractivity contribution in [1.82, 2.24) is 10.2 Å². The van der Waals surface area contributed by atoms with Crippen LogP contribution in [0.5, 0.6) is 0 Å². The molecule has 3 nitrogen and oxygen atoms in total. The number of ether oxygens (including phenoxy) is 1. The summed E-state index contributed by atoms with van der Waals surface area (Å²) < 4.78 is 59.5. The predicted octanol–water partition coefficient (Wildman–Crippen LogP) is 4.79. The van der Waals surface area contributed by atoms with E-state index in [0.717, 1.165) is 9.93 Å². The first-order chi connectivity index (χ1) is 13.1. The minimum atomic E-state index is -2.94. The van der Waals surface area contributed by atoms with Gasteiger partial charge in [0, 0.05) is 0 Å². The summed E-state index contributed by atoms with van der Waals surface area (Å²) in [5, 5.41) is 6.84. The molecule has 0 saturated carbocycles. The van der Waals surface area contributed by atoms with E-state index in [2.05, 4.69) is 22.0 Å². The zero-order valence-corrected chi connectivity index (χ0v) is 19.5. The van der Waals surface area contributed by atoms with E-state index in [1.807, 2.05) is 6.07 Å². The molecule has 1 aliphatic heterocycles. The predicted molar refractivity (Wildman–Crippen MR) is 106 cm³/mol. The molecule has 3 unspecified atom stereocenters. The molecule has 0 bridgehead atoms. The molecule has 0 amide bonds. The molecule has 2 heterocycles. The molecule has 1 N–H and O–H groups in total. The fraction of sp³-hybridized carbons (Fsp3) is 0.526. The van der Waals surface area contributed by atoms with Gasteiger partial charge in [-0.25, -0.2) is 0 Å². The van der Waals surface area contributed by atoms with Crippen molar-refractivity contribution in [3.8, 4) is 0 Å². The number of aromatic nitrogens is 2. The van der Waals surface area contributed by atoms with E-state index in [-0.39, 0.29) is 21.4 Å². The molecular weight excluding hydrogens is 501 g/mol. The van der Waals surface area contributed by atoms with Gasteiger partial charge in [0.15, 0.2) is 0 Å². The van der Waals surface area contributed by atoms with Crippen LogP contribution in [-0.4, -0.2) is 43.4 Å². The molecule has 28 heavy (non-hydrogen) atoms. The van der Waals surface area contributed by atoms with Gasteiger partial charge in [-0.2, -0.15) is 0 Å². The second-order valence-corrected chi connectivity index (χ2v) is 15.9. The number of hydrogen-bond donors (Lipinski definition) is 1. The SMILES string of the molecule is [CH3][Sb]([c]1cccc(C(F)(F)P)c1)[C]1(C)CCOC(c2cc(CC(F)F)[nH]n2)C1. The third-order valence-corrected chi connectivity index (χ3v) is 14.5. The van der Waals surface area contributed by atoms with Crippen molar-refractivity contribution in [2.24, 2.45) is 0 Å². The fourth-order valence-electron chi connectivity index (χ4n) is 3.52. The van der Waals surface area contributed by atoms with Crippen molar-refractivity contribution in [3.05, 3.63) is 47.3 Å². The molecule has 0 aliphatic carbocycles. The van der Waals surface area contributed by atoms with Gasteiger partial charge in [0.1, 0.15) is 0 Å². The van der Waals surface area contributed by atoms with Gasteiger partial charge < -0.3 is 0 Å². The van der Waals surface area contributed by atoms with Crippen LogP contribution in [0.4, 0.5) is 17.6 Å². The molecule has 0 radical (unpaired) electrons. The third-order valence-electron chi connectivity index (χ3n) is 5.37. The van der Waals surface area contributed by atoms with E-state index in [1.54, 1.807) is 27.4 Å². The van der Waals surface area contributed by atoms with Crippen LogP contribution in [0, 0.1) is 0 Å². The molecule has 1 aromatic heterocycles. The molecule has 1 aromatic carbocycles. The van der Waals surface area contributed by atoms with Crippen LogP contribution in [-0.2, 0) is 16.8 Å². The Hall–Kier alpha value is -0.642. The average Bonchev–Trinajstić information content (AvgIpc) is 3.08. The molecule has 1 aliphatic rings. The molecule has 154 valence electrons. The van der Waals surface area contributed by atoms with E-state index in [0.29, 0.717) is 24.4 Å². The monoisotopic (exact) mass is 524 g/mol. The van der Waals surface area contributed by atoms with E-state index >= 15 is 0 Å². The normalized spacial score (nSPS) is 23.5. The number of aromatic amines is 1. The molecule has 3 rings (SSSR count). The molecule has 2 aromatic rings. The Kier molecular flexibility index (Phi) is 6.78. The van der Waals surface area contributed by atoms with Crippen molar-refractivity contribution in [1.29, 1.82) is 0 Å². The van der Waals surface area contributed by atoms with Crippen molar-refractivity contribution in [3.63, 3.8) is 0 Å². The third kappa shape index (κ3) is 5.09. The van der Waals surface area contributed by atoms with Gasteiger partial charge in [-0.05, 0) is 0 Å². The van der Waals surface area contributed by atoms with Crippen molar-refractivity contribution in [2.45, 2.75) is 52.6 Å². The Bertz CT molecular complexity index is 813. The Labute approximate surface area is 171 Å².